The van der Waals surface area contributed by atoms with Crippen LogP contribution in [0, 0.1) is 17.8 Å². The molecule has 8 unspecified atom stereocenters. The van der Waals surface area contributed by atoms with Crippen molar-refractivity contribution in [3.63, 3.8) is 0 Å². The summed E-state index contributed by atoms with van der Waals surface area (Å²) >= 11 is 1.51. The first-order chi connectivity index (χ1) is 30.3. The van der Waals surface area contributed by atoms with Gasteiger partial charge in [0.1, 0.15) is 10.6 Å². The summed E-state index contributed by atoms with van der Waals surface area (Å²) in [6, 6.07) is -1.60. The highest BCUT2D eigenvalue weighted by Crippen LogP contribution is 2.31. The van der Waals surface area contributed by atoms with Gasteiger partial charge in [0.15, 0.2) is 0 Å². The standard InChI is InChI=1S/C47H79N7O9S/c1-13-32(4)41(53(10)39(56)30-50-44(58)40(31(2)3)52(9)24-26-62-25-21-49-46(59)63-47(6,7)8)37(60-11)29-38(55)54-23-17-20-36(54)42(61-12)33(5)43(57)51-35(45-48-22-27-64-45)28-34-18-15-14-16-19-34/h15,18-19,22,27,31-33,35-37,40-42H,13-14,16-17,20-21,23-26,28-30H2,1-12H3,(H,49,59)(H,50,58)(H,51,57). The van der Waals surface area contributed by atoms with Crippen LogP contribution in [-0.2, 0) is 38.1 Å². The van der Waals surface area contributed by atoms with Crippen molar-refractivity contribution in [3.8, 4) is 0 Å². The summed E-state index contributed by atoms with van der Waals surface area (Å²) in [5.74, 6) is -1.53. The third-order valence-electron chi connectivity index (χ3n) is 12.2. The summed E-state index contributed by atoms with van der Waals surface area (Å²) in [6.45, 7) is 16.9. The highest BCUT2D eigenvalue weighted by Gasteiger charge is 2.42. The van der Waals surface area contributed by atoms with Gasteiger partial charge >= 0.3 is 6.09 Å². The Morgan fingerprint density at radius 2 is 1.73 bits per heavy atom. The topological polar surface area (TPSA) is 181 Å². The van der Waals surface area contributed by atoms with Crippen LogP contribution in [0.4, 0.5) is 4.79 Å². The maximum absolute atomic E-state index is 14.3. The fourth-order valence-corrected chi connectivity index (χ4v) is 9.37. The first kappa shape index (κ1) is 54.4. The van der Waals surface area contributed by atoms with Crippen molar-refractivity contribution in [1.82, 2.24) is 35.6 Å². The van der Waals surface area contributed by atoms with Gasteiger partial charge in [-0.2, -0.15) is 0 Å². The molecule has 0 radical (unpaired) electrons. The van der Waals surface area contributed by atoms with Crippen molar-refractivity contribution in [3.05, 3.63) is 40.4 Å². The van der Waals surface area contributed by atoms with Gasteiger partial charge in [0.2, 0.25) is 23.6 Å². The van der Waals surface area contributed by atoms with Crippen LogP contribution in [0.25, 0.3) is 0 Å². The van der Waals surface area contributed by atoms with E-state index in [9.17, 15) is 24.0 Å². The number of rotatable bonds is 26. The molecule has 3 N–H and O–H groups in total. The van der Waals surface area contributed by atoms with E-state index in [0.29, 0.717) is 32.5 Å². The SMILES string of the molecule is CCC(C)C(C(CC(=O)N1CCCC1C(OC)C(C)C(=O)NC(CC1=CCCC=C1)c1nccs1)OC)N(C)C(=O)CNC(=O)C(C(C)C)N(C)CCOCCNC(=O)OC(C)(C)C. The maximum Gasteiger partial charge on any atom is 0.407 e. The number of likely N-dealkylation sites (N-methyl/N-ethyl adjacent to an activating group) is 2. The van der Waals surface area contributed by atoms with Gasteiger partial charge in [0.25, 0.3) is 0 Å². The zero-order valence-electron chi connectivity index (χ0n) is 40.6. The van der Waals surface area contributed by atoms with Gasteiger partial charge in [-0.05, 0) is 77.3 Å². The predicted molar refractivity (Wildman–Crippen MR) is 250 cm³/mol. The number of alkyl carbamates (subject to hydrolysis) is 1. The van der Waals surface area contributed by atoms with E-state index in [-0.39, 0.29) is 73.7 Å². The van der Waals surface area contributed by atoms with E-state index in [1.807, 2.05) is 56.8 Å². The van der Waals surface area contributed by atoms with Crippen molar-refractivity contribution in [2.75, 3.05) is 67.7 Å². The Labute approximate surface area is 386 Å². The second-order valence-electron chi connectivity index (χ2n) is 18.5. The average Bonchev–Trinajstić information content (AvgIpc) is 3.97. The van der Waals surface area contributed by atoms with Gasteiger partial charge in [-0.15, -0.1) is 11.3 Å². The molecule has 64 heavy (non-hydrogen) atoms. The molecule has 5 amide bonds. The normalized spacial score (nSPS) is 18.7. The third-order valence-corrected chi connectivity index (χ3v) is 13.1. The lowest BCUT2D eigenvalue weighted by atomic mass is 9.90. The molecule has 17 heteroatoms. The Hall–Kier alpha value is -3.90. The zero-order valence-corrected chi connectivity index (χ0v) is 41.5. The van der Waals surface area contributed by atoms with Crippen LogP contribution in [-0.4, -0.2) is 153 Å². The van der Waals surface area contributed by atoms with Crippen molar-refractivity contribution in [2.45, 2.75) is 142 Å². The van der Waals surface area contributed by atoms with Crippen LogP contribution in [0.1, 0.15) is 111 Å². The lowest BCUT2D eigenvalue weighted by Gasteiger charge is -2.39. The second-order valence-corrected chi connectivity index (χ2v) is 19.4. The molecule has 1 aromatic heterocycles. The summed E-state index contributed by atoms with van der Waals surface area (Å²) in [5, 5.41) is 11.5. The maximum atomic E-state index is 14.3. The molecular formula is C47H79N7O9S. The summed E-state index contributed by atoms with van der Waals surface area (Å²) in [6.07, 6.45) is 11.4. The molecule has 0 spiro atoms. The molecule has 16 nitrogen and oxygen atoms in total. The second kappa shape index (κ2) is 26.9. The molecule has 2 heterocycles. The first-order valence-electron chi connectivity index (χ1n) is 23.0. The van der Waals surface area contributed by atoms with Crippen molar-refractivity contribution < 1.29 is 42.9 Å². The smallest absolute Gasteiger partial charge is 0.407 e. The molecule has 1 aliphatic heterocycles. The lowest BCUT2D eigenvalue weighted by molar-refractivity contribution is -0.146. The Balaban J connectivity index is 1.61. The predicted octanol–water partition coefficient (Wildman–Crippen LogP) is 5.50. The number of thiazole rings is 1. The highest BCUT2D eigenvalue weighted by atomic mass is 32.1. The van der Waals surface area contributed by atoms with Crippen molar-refractivity contribution in [1.29, 1.82) is 0 Å². The van der Waals surface area contributed by atoms with Gasteiger partial charge in [0.05, 0.1) is 68.5 Å². The Kier molecular flexibility index (Phi) is 22.9. The highest BCUT2D eigenvalue weighted by molar-refractivity contribution is 7.09. The quantitative estimate of drug-likeness (QED) is 0.1000. The molecule has 1 saturated heterocycles. The summed E-state index contributed by atoms with van der Waals surface area (Å²) in [4.78, 5) is 77.4. The molecule has 3 rings (SSSR count). The van der Waals surface area contributed by atoms with Gasteiger partial charge in [0, 0.05) is 52.5 Å². The minimum Gasteiger partial charge on any atom is -0.444 e. The number of nitrogens with one attached hydrogen (secondary N) is 3. The summed E-state index contributed by atoms with van der Waals surface area (Å²) in [7, 11) is 6.68. The van der Waals surface area contributed by atoms with Gasteiger partial charge in [-0.1, -0.05) is 59.3 Å². The molecular weight excluding hydrogens is 839 g/mol. The molecule has 1 fully saturated rings. The minimum atomic E-state index is -0.633. The monoisotopic (exact) mass is 918 g/mol. The van der Waals surface area contributed by atoms with Crippen molar-refractivity contribution in [2.24, 2.45) is 17.8 Å². The largest absolute Gasteiger partial charge is 0.444 e. The number of nitrogens with zero attached hydrogens (tertiary/aromatic N) is 4. The van der Waals surface area contributed by atoms with Gasteiger partial charge < -0.3 is 44.7 Å². The van der Waals surface area contributed by atoms with Crippen LogP contribution in [0.15, 0.2) is 35.4 Å². The van der Waals surface area contributed by atoms with Crippen LogP contribution >= 0.6 is 11.3 Å². The van der Waals surface area contributed by atoms with Crippen molar-refractivity contribution >= 4 is 41.1 Å². The Morgan fingerprint density at radius 3 is 2.33 bits per heavy atom. The summed E-state index contributed by atoms with van der Waals surface area (Å²) < 4.78 is 23.0. The lowest BCUT2D eigenvalue weighted by Crippen LogP contribution is -2.55. The number of hydrogen-bond acceptors (Lipinski definition) is 12. The van der Waals surface area contributed by atoms with Gasteiger partial charge in [-0.25, -0.2) is 9.78 Å². The van der Waals surface area contributed by atoms with Crippen LogP contribution in [0.2, 0.25) is 0 Å². The number of carbonyl (C=O) groups is 5. The molecule has 8 atom stereocenters. The number of ether oxygens (including phenoxy) is 4. The van der Waals surface area contributed by atoms with Crippen LogP contribution < -0.4 is 16.0 Å². The molecule has 1 aliphatic carbocycles. The Morgan fingerprint density at radius 1 is 1.00 bits per heavy atom. The zero-order chi connectivity index (χ0) is 47.6. The molecule has 0 bridgehead atoms. The molecule has 0 aromatic carbocycles. The number of hydrogen-bond donors (Lipinski definition) is 3. The number of allylic oxidation sites excluding steroid dienone is 3. The summed E-state index contributed by atoms with van der Waals surface area (Å²) in [5.41, 5.74) is 0.582. The van der Waals surface area contributed by atoms with Gasteiger partial charge in [-0.3, -0.25) is 24.1 Å². The number of methoxy groups -OCH3 is 2. The third kappa shape index (κ3) is 16.8. The first-order valence-corrected chi connectivity index (χ1v) is 23.9. The number of amides is 5. The van der Waals surface area contributed by atoms with Crippen LogP contribution in [0.3, 0.4) is 0 Å². The molecule has 362 valence electrons. The van der Waals surface area contributed by atoms with E-state index < -0.39 is 41.9 Å². The van der Waals surface area contributed by atoms with E-state index in [2.05, 4.69) is 39.2 Å². The molecule has 1 aromatic rings. The average molecular weight is 918 g/mol. The van der Waals surface area contributed by atoms with E-state index in [0.717, 1.165) is 30.7 Å². The fraction of sp³-hybridized carbons (Fsp3) is 0.745. The molecule has 2 aliphatic rings. The molecule has 0 saturated carbocycles. The van der Waals surface area contributed by atoms with E-state index in [4.69, 9.17) is 18.9 Å². The number of aromatic nitrogens is 1. The van der Waals surface area contributed by atoms with E-state index >= 15 is 0 Å². The Bertz CT molecular complexity index is 1680. The van der Waals surface area contributed by atoms with E-state index in [1.165, 1.54) is 16.9 Å². The minimum absolute atomic E-state index is 0.0249. The number of likely N-dealkylation sites (tertiary alicyclic amines) is 1. The van der Waals surface area contributed by atoms with Crippen LogP contribution in [0.5, 0.6) is 0 Å². The number of carbonyl (C=O) groups excluding carboxylic acids is 5. The van der Waals surface area contributed by atoms with E-state index in [1.54, 1.807) is 53.1 Å². The fourth-order valence-electron chi connectivity index (χ4n) is 8.68.